The van der Waals surface area contributed by atoms with Gasteiger partial charge in [0.1, 0.15) is 0 Å². The zero-order valence-corrected chi connectivity index (χ0v) is 14.8. The number of carbonyl (C=O) groups excluding carboxylic acids is 1. The number of halogens is 1. The first kappa shape index (κ1) is 17.8. The van der Waals surface area contributed by atoms with Gasteiger partial charge in [0.25, 0.3) is 5.91 Å². The fourth-order valence-corrected chi connectivity index (χ4v) is 3.42. The van der Waals surface area contributed by atoms with E-state index in [1.54, 1.807) is 10.9 Å². The lowest BCUT2D eigenvalue weighted by Gasteiger charge is -2.28. The van der Waals surface area contributed by atoms with Crippen molar-refractivity contribution in [2.75, 3.05) is 26.2 Å². The Labute approximate surface area is 152 Å². The highest BCUT2D eigenvalue weighted by Crippen LogP contribution is 2.29. The number of likely N-dealkylation sites (tertiary alicyclic amines) is 1. The zero-order chi connectivity index (χ0) is 17.6. The van der Waals surface area contributed by atoms with Crippen LogP contribution in [0, 0.1) is 0 Å². The van der Waals surface area contributed by atoms with Crippen LogP contribution in [0.2, 0.25) is 5.02 Å². The number of aromatic nitrogens is 3. The molecule has 1 aliphatic heterocycles. The van der Waals surface area contributed by atoms with Crippen LogP contribution >= 0.6 is 11.6 Å². The highest BCUT2D eigenvalue weighted by Gasteiger charge is 2.26. The molecule has 1 aliphatic rings. The second kappa shape index (κ2) is 8.42. The van der Waals surface area contributed by atoms with Crippen molar-refractivity contribution < 1.29 is 4.79 Å². The van der Waals surface area contributed by atoms with E-state index in [9.17, 15) is 4.79 Å². The molecule has 0 spiro atoms. The number of rotatable bonds is 7. The molecule has 3 rings (SSSR count). The molecule has 1 atom stereocenters. The van der Waals surface area contributed by atoms with Crippen molar-refractivity contribution in [2.45, 2.75) is 25.4 Å². The van der Waals surface area contributed by atoms with Gasteiger partial charge in [0, 0.05) is 18.1 Å². The first-order valence-corrected chi connectivity index (χ1v) is 8.93. The average molecular weight is 363 g/mol. The predicted octanol–water partition coefficient (Wildman–Crippen LogP) is 1.46. The maximum absolute atomic E-state index is 12.4. The van der Waals surface area contributed by atoms with Crippen molar-refractivity contribution in [3.63, 3.8) is 0 Å². The lowest BCUT2D eigenvalue weighted by atomic mass is 10.1. The molecule has 3 N–H and O–H groups in total. The minimum absolute atomic E-state index is 0.0548. The summed E-state index contributed by atoms with van der Waals surface area (Å²) in [6, 6.07) is 7.86. The molecule has 1 aromatic carbocycles. The van der Waals surface area contributed by atoms with Crippen LogP contribution in [0.3, 0.4) is 0 Å². The molecule has 2 heterocycles. The number of benzene rings is 1. The molecule has 1 fully saturated rings. The summed E-state index contributed by atoms with van der Waals surface area (Å²) in [6.45, 7) is 3.49. The van der Waals surface area contributed by atoms with E-state index in [0.29, 0.717) is 25.3 Å². The molecule has 0 saturated carbocycles. The number of hydrogen-bond donors (Lipinski definition) is 2. The molecule has 2 aromatic rings. The topological polar surface area (TPSA) is 89.1 Å². The van der Waals surface area contributed by atoms with Gasteiger partial charge in [-0.2, -0.15) is 0 Å². The van der Waals surface area contributed by atoms with E-state index in [1.165, 1.54) is 12.8 Å². The second-order valence-electron chi connectivity index (χ2n) is 6.15. The SMILES string of the molecule is NCCn1cc(C(=O)NC[C@H](c2ccccc2Cl)N2CCCC2)nn1. The Bertz CT molecular complexity index is 713. The van der Waals surface area contributed by atoms with Gasteiger partial charge >= 0.3 is 0 Å². The van der Waals surface area contributed by atoms with Gasteiger partial charge in [-0.3, -0.25) is 14.4 Å². The van der Waals surface area contributed by atoms with Crippen LogP contribution in [0.4, 0.5) is 0 Å². The van der Waals surface area contributed by atoms with Gasteiger partial charge in [0.05, 0.1) is 18.8 Å². The van der Waals surface area contributed by atoms with Crippen molar-refractivity contribution >= 4 is 17.5 Å². The lowest BCUT2D eigenvalue weighted by Crippen LogP contribution is -2.37. The van der Waals surface area contributed by atoms with E-state index in [4.69, 9.17) is 17.3 Å². The maximum atomic E-state index is 12.4. The van der Waals surface area contributed by atoms with Gasteiger partial charge in [0.15, 0.2) is 5.69 Å². The molecule has 7 nitrogen and oxygen atoms in total. The van der Waals surface area contributed by atoms with Crippen LogP contribution in [0.25, 0.3) is 0 Å². The van der Waals surface area contributed by atoms with Gasteiger partial charge in [-0.1, -0.05) is 35.0 Å². The van der Waals surface area contributed by atoms with Crippen molar-refractivity contribution in [3.05, 3.63) is 46.7 Å². The molecular weight excluding hydrogens is 340 g/mol. The van der Waals surface area contributed by atoms with Gasteiger partial charge < -0.3 is 11.1 Å². The minimum atomic E-state index is -0.237. The zero-order valence-electron chi connectivity index (χ0n) is 14.1. The summed E-state index contributed by atoms with van der Waals surface area (Å²) in [6.07, 6.45) is 3.95. The van der Waals surface area contributed by atoms with E-state index in [2.05, 4.69) is 20.5 Å². The Kier molecular flexibility index (Phi) is 6.01. The highest BCUT2D eigenvalue weighted by molar-refractivity contribution is 6.31. The smallest absolute Gasteiger partial charge is 0.273 e. The Morgan fingerprint density at radius 2 is 2.08 bits per heavy atom. The molecule has 1 saturated heterocycles. The third kappa shape index (κ3) is 4.36. The van der Waals surface area contributed by atoms with Crippen LogP contribution in [-0.2, 0) is 6.54 Å². The van der Waals surface area contributed by atoms with Crippen molar-refractivity contribution in [3.8, 4) is 0 Å². The average Bonchev–Trinajstić information content (AvgIpc) is 3.29. The van der Waals surface area contributed by atoms with Gasteiger partial charge in [-0.05, 0) is 37.6 Å². The van der Waals surface area contributed by atoms with Crippen molar-refractivity contribution in [1.29, 1.82) is 0 Å². The Morgan fingerprint density at radius 3 is 2.80 bits per heavy atom. The normalized spacial score (nSPS) is 16.1. The minimum Gasteiger partial charge on any atom is -0.349 e. The fraction of sp³-hybridized carbons (Fsp3) is 0.471. The van der Waals surface area contributed by atoms with E-state index in [0.717, 1.165) is 23.7 Å². The summed E-state index contributed by atoms with van der Waals surface area (Å²) < 4.78 is 1.57. The summed E-state index contributed by atoms with van der Waals surface area (Å²) in [5, 5.41) is 11.5. The third-order valence-corrected chi connectivity index (χ3v) is 4.78. The number of nitrogens with zero attached hydrogens (tertiary/aromatic N) is 4. The van der Waals surface area contributed by atoms with Crippen molar-refractivity contribution in [2.24, 2.45) is 5.73 Å². The largest absolute Gasteiger partial charge is 0.349 e. The second-order valence-corrected chi connectivity index (χ2v) is 6.55. The summed E-state index contributed by atoms with van der Waals surface area (Å²) in [5.41, 5.74) is 6.82. The molecule has 0 bridgehead atoms. The van der Waals surface area contributed by atoms with E-state index in [1.807, 2.05) is 24.3 Å². The molecule has 134 valence electrons. The number of carbonyl (C=O) groups is 1. The van der Waals surface area contributed by atoms with Crippen LogP contribution in [-0.4, -0.2) is 52.0 Å². The van der Waals surface area contributed by atoms with Gasteiger partial charge in [-0.15, -0.1) is 5.10 Å². The van der Waals surface area contributed by atoms with Crippen molar-refractivity contribution in [1.82, 2.24) is 25.2 Å². The lowest BCUT2D eigenvalue weighted by molar-refractivity contribution is 0.0933. The number of nitrogens with two attached hydrogens (primary N) is 1. The first-order valence-electron chi connectivity index (χ1n) is 8.56. The molecule has 0 radical (unpaired) electrons. The first-order chi connectivity index (χ1) is 12.2. The van der Waals surface area contributed by atoms with Crippen LogP contribution in [0.5, 0.6) is 0 Å². The van der Waals surface area contributed by atoms with Gasteiger partial charge in [0.2, 0.25) is 0 Å². The van der Waals surface area contributed by atoms with Crippen LogP contribution in [0.15, 0.2) is 30.5 Å². The van der Waals surface area contributed by atoms with Crippen LogP contribution in [0.1, 0.15) is 34.9 Å². The number of amides is 1. The molecule has 0 aliphatic carbocycles. The summed E-state index contributed by atoms with van der Waals surface area (Å²) in [5.74, 6) is -0.237. The Balaban J connectivity index is 1.69. The monoisotopic (exact) mass is 362 g/mol. The standard InChI is InChI=1S/C17H23ClN6O/c18-14-6-2-1-5-13(14)16(23-8-3-4-9-23)11-20-17(25)15-12-24(10-7-19)22-21-15/h1-2,5-6,12,16H,3-4,7-11,19H2,(H,20,25)/t16-/m1/s1. The summed E-state index contributed by atoms with van der Waals surface area (Å²) >= 11 is 6.39. The van der Waals surface area contributed by atoms with Gasteiger partial charge in [-0.25, -0.2) is 0 Å². The molecule has 25 heavy (non-hydrogen) atoms. The van der Waals surface area contributed by atoms with E-state index in [-0.39, 0.29) is 11.9 Å². The Hall–Kier alpha value is -1.96. The molecular formula is C17H23ClN6O. The number of hydrogen-bond acceptors (Lipinski definition) is 5. The summed E-state index contributed by atoms with van der Waals surface area (Å²) in [4.78, 5) is 14.8. The quantitative estimate of drug-likeness (QED) is 0.778. The van der Waals surface area contributed by atoms with E-state index < -0.39 is 0 Å². The molecule has 1 amide bonds. The van der Waals surface area contributed by atoms with Crippen LogP contribution < -0.4 is 11.1 Å². The molecule has 1 aromatic heterocycles. The fourth-order valence-electron chi connectivity index (χ4n) is 3.16. The molecule has 0 unspecified atom stereocenters. The highest BCUT2D eigenvalue weighted by atomic mass is 35.5. The maximum Gasteiger partial charge on any atom is 0.273 e. The number of nitrogens with one attached hydrogen (secondary N) is 1. The van der Waals surface area contributed by atoms with E-state index >= 15 is 0 Å². The predicted molar refractivity (Wildman–Crippen MR) is 96.4 cm³/mol. The summed E-state index contributed by atoms with van der Waals surface area (Å²) in [7, 11) is 0. The third-order valence-electron chi connectivity index (χ3n) is 4.43. The molecule has 8 heteroatoms. The Morgan fingerprint density at radius 1 is 1.32 bits per heavy atom.